The molecule has 0 unspecified atom stereocenters. The quantitative estimate of drug-likeness (QED) is 0.163. The van der Waals surface area contributed by atoms with Crippen LogP contribution in [0.4, 0.5) is 0 Å². The standard InChI is InChI=1S/C22H42O7/c1-4-5-6-7-8-9-10-11-19(23)12-13-20(28-17-26-2)14-15-21(16-22(24)25)29-18-27-3/h14-15,19-21,23H,4-13,16-18H2,1-3H3,(H,24,25)/b15-14+/t19-,20-,21-/m1/s1. The third-order valence-electron chi connectivity index (χ3n) is 4.64. The summed E-state index contributed by atoms with van der Waals surface area (Å²) in [5, 5.41) is 19.2. The molecule has 0 saturated carbocycles. The van der Waals surface area contributed by atoms with E-state index in [0.717, 1.165) is 19.3 Å². The van der Waals surface area contributed by atoms with E-state index >= 15 is 0 Å². The third kappa shape index (κ3) is 18.8. The van der Waals surface area contributed by atoms with E-state index in [1.165, 1.54) is 39.2 Å². The summed E-state index contributed by atoms with van der Waals surface area (Å²) >= 11 is 0. The fourth-order valence-electron chi connectivity index (χ4n) is 2.99. The zero-order valence-electron chi connectivity index (χ0n) is 18.5. The number of aliphatic carboxylic acids is 1. The van der Waals surface area contributed by atoms with Gasteiger partial charge in [-0.3, -0.25) is 4.79 Å². The fourth-order valence-corrected chi connectivity index (χ4v) is 2.99. The highest BCUT2D eigenvalue weighted by atomic mass is 16.7. The largest absolute Gasteiger partial charge is 0.481 e. The minimum atomic E-state index is -0.949. The molecule has 29 heavy (non-hydrogen) atoms. The second kappa shape index (κ2) is 20.3. The number of unbranched alkanes of at least 4 members (excludes halogenated alkanes) is 6. The zero-order chi connectivity index (χ0) is 21.7. The van der Waals surface area contributed by atoms with Crippen molar-refractivity contribution in [2.45, 2.75) is 95.9 Å². The molecule has 7 heteroatoms. The lowest BCUT2D eigenvalue weighted by Crippen LogP contribution is -2.19. The minimum Gasteiger partial charge on any atom is -0.481 e. The van der Waals surface area contributed by atoms with E-state index in [1.807, 2.05) is 0 Å². The van der Waals surface area contributed by atoms with Gasteiger partial charge < -0.3 is 29.2 Å². The van der Waals surface area contributed by atoms with Crippen molar-refractivity contribution < 1.29 is 34.0 Å². The van der Waals surface area contributed by atoms with Crippen molar-refractivity contribution in [3.8, 4) is 0 Å². The number of aliphatic hydroxyl groups excluding tert-OH is 1. The molecule has 0 aliphatic rings. The van der Waals surface area contributed by atoms with Gasteiger partial charge in [0.2, 0.25) is 0 Å². The number of carboxylic acid groups (broad SMARTS) is 1. The van der Waals surface area contributed by atoms with Crippen LogP contribution in [0.1, 0.15) is 77.6 Å². The first-order valence-corrected chi connectivity index (χ1v) is 10.8. The second-order valence-electron chi connectivity index (χ2n) is 7.35. The van der Waals surface area contributed by atoms with Crippen molar-refractivity contribution in [3.05, 3.63) is 12.2 Å². The summed E-state index contributed by atoms with van der Waals surface area (Å²) < 4.78 is 20.8. The number of hydrogen-bond acceptors (Lipinski definition) is 6. The van der Waals surface area contributed by atoms with Gasteiger partial charge in [-0.05, 0) is 19.3 Å². The Labute approximate surface area is 176 Å². The average Bonchev–Trinajstić information content (AvgIpc) is 2.70. The maximum absolute atomic E-state index is 11.0. The van der Waals surface area contributed by atoms with Crippen molar-refractivity contribution in [3.63, 3.8) is 0 Å². The lowest BCUT2D eigenvalue weighted by Gasteiger charge is -2.18. The van der Waals surface area contributed by atoms with Gasteiger partial charge in [0.15, 0.2) is 0 Å². The Bertz CT molecular complexity index is 401. The minimum absolute atomic E-state index is 0.0169. The van der Waals surface area contributed by atoms with Crippen LogP contribution in [0.25, 0.3) is 0 Å². The van der Waals surface area contributed by atoms with E-state index in [1.54, 1.807) is 19.3 Å². The van der Waals surface area contributed by atoms with Crippen LogP contribution in [-0.2, 0) is 23.7 Å². The topological polar surface area (TPSA) is 94.5 Å². The first-order chi connectivity index (χ1) is 14.0. The molecule has 0 aromatic rings. The van der Waals surface area contributed by atoms with Crippen molar-refractivity contribution in [1.82, 2.24) is 0 Å². The number of ether oxygens (including phenoxy) is 4. The van der Waals surface area contributed by atoms with Gasteiger partial charge in [0.25, 0.3) is 0 Å². The highest BCUT2D eigenvalue weighted by molar-refractivity contribution is 5.67. The molecule has 172 valence electrons. The lowest BCUT2D eigenvalue weighted by atomic mass is 10.0. The van der Waals surface area contributed by atoms with Crippen LogP contribution >= 0.6 is 0 Å². The molecule has 0 spiro atoms. The van der Waals surface area contributed by atoms with Gasteiger partial charge in [-0.2, -0.15) is 0 Å². The van der Waals surface area contributed by atoms with Crippen LogP contribution in [0.3, 0.4) is 0 Å². The normalized spacial score (nSPS) is 14.9. The maximum atomic E-state index is 11.0. The molecule has 0 rings (SSSR count). The third-order valence-corrected chi connectivity index (χ3v) is 4.64. The van der Waals surface area contributed by atoms with Crippen molar-refractivity contribution in [2.75, 3.05) is 27.8 Å². The Hall–Kier alpha value is -0.990. The predicted octanol–water partition coefficient (Wildman–Crippen LogP) is 4.28. The van der Waals surface area contributed by atoms with E-state index in [9.17, 15) is 9.90 Å². The second-order valence-corrected chi connectivity index (χ2v) is 7.35. The van der Waals surface area contributed by atoms with Crippen LogP contribution in [0.5, 0.6) is 0 Å². The molecule has 0 fully saturated rings. The van der Waals surface area contributed by atoms with Crippen LogP contribution in [0.15, 0.2) is 12.2 Å². The van der Waals surface area contributed by atoms with Crippen molar-refractivity contribution in [1.29, 1.82) is 0 Å². The van der Waals surface area contributed by atoms with Crippen LogP contribution < -0.4 is 0 Å². The van der Waals surface area contributed by atoms with Gasteiger partial charge in [0, 0.05) is 14.2 Å². The molecule has 0 amide bonds. The first-order valence-electron chi connectivity index (χ1n) is 10.8. The van der Waals surface area contributed by atoms with Crippen molar-refractivity contribution >= 4 is 5.97 Å². The molecule has 0 radical (unpaired) electrons. The van der Waals surface area contributed by atoms with E-state index in [0.29, 0.717) is 12.8 Å². The molecule has 0 bridgehead atoms. The molecular weight excluding hydrogens is 376 g/mol. The highest BCUT2D eigenvalue weighted by Crippen LogP contribution is 2.15. The summed E-state index contributed by atoms with van der Waals surface area (Å²) in [7, 11) is 3.03. The van der Waals surface area contributed by atoms with Gasteiger partial charge in [-0.1, -0.05) is 64.0 Å². The lowest BCUT2D eigenvalue weighted by molar-refractivity contribution is -0.141. The molecule has 2 N–H and O–H groups in total. The predicted molar refractivity (Wildman–Crippen MR) is 113 cm³/mol. The Kier molecular flexibility index (Phi) is 19.6. The van der Waals surface area contributed by atoms with E-state index in [2.05, 4.69) is 6.92 Å². The summed E-state index contributed by atoms with van der Waals surface area (Å²) in [5.41, 5.74) is 0. The number of aliphatic hydroxyl groups is 1. The number of hydrogen-bond donors (Lipinski definition) is 2. The molecule has 7 nitrogen and oxygen atoms in total. The summed E-state index contributed by atoms with van der Waals surface area (Å²) in [4.78, 5) is 11.0. The number of rotatable bonds is 21. The molecule has 0 saturated heterocycles. The number of carboxylic acids is 1. The summed E-state index contributed by atoms with van der Waals surface area (Å²) in [6, 6.07) is 0. The summed E-state index contributed by atoms with van der Waals surface area (Å²) in [5.74, 6) is -0.949. The molecule has 0 aromatic heterocycles. The number of carbonyl (C=O) groups is 1. The molecular formula is C22H42O7. The molecule has 0 heterocycles. The van der Waals surface area contributed by atoms with Crippen molar-refractivity contribution in [2.24, 2.45) is 0 Å². The molecule has 3 atom stereocenters. The Morgan fingerprint density at radius 1 is 0.828 bits per heavy atom. The Morgan fingerprint density at radius 2 is 1.38 bits per heavy atom. The summed E-state index contributed by atoms with van der Waals surface area (Å²) in [6.45, 7) is 2.36. The molecule has 0 aromatic carbocycles. The van der Waals surface area contributed by atoms with E-state index in [-0.39, 0.29) is 32.2 Å². The SMILES string of the molecule is CCCCCCCCC[C@@H](O)CC[C@H](/C=C/[C@H](CC(=O)O)OCOC)OCOC. The van der Waals surface area contributed by atoms with Gasteiger partial charge in [0.05, 0.1) is 24.7 Å². The monoisotopic (exact) mass is 418 g/mol. The van der Waals surface area contributed by atoms with E-state index < -0.39 is 12.1 Å². The fraction of sp³-hybridized carbons (Fsp3) is 0.864. The van der Waals surface area contributed by atoms with Gasteiger partial charge >= 0.3 is 5.97 Å². The summed E-state index contributed by atoms with van der Waals surface area (Å²) in [6.07, 6.45) is 12.7. The van der Waals surface area contributed by atoms with Crippen LogP contribution in [0.2, 0.25) is 0 Å². The highest BCUT2D eigenvalue weighted by Gasteiger charge is 2.14. The Morgan fingerprint density at radius 3 is 1.97 bits per heavy atom. The zero-order valence-corrected chi connectivity index (χ0v) is 18.5. The van der Waals surface area contributed by atoms with Crippen LogP contribution in [-0.4, -0.2) is 62.3 Å². The van der Waals surface area contributed by atoms with Gasteiger partial charge in [-0.25, -0.2) is 0 Å². The first kappa shape index (κ1) is 28.0. The Balaban J connectivity index is 4.31. The van der Waals surface area contributed by atoms with E-state index in [4.69, 9.17) is 24.1 Å². The molecule has 0 aliphatic carbocycles. The molecule has 0 aliphatic heterocycles. The number of methoxy groups -OCH3 is 2. The van der Waals surface area contributed by atoms with Crippen LogP contribution in [0, 0.1) is 0 Å². The average molecular weight is 419 g/mol. The maximum Gasteiger partial charge on any atom is 0.306 e. The van der Waals surface area contributed by atoms with Gasteiger partial charge in [0.1, 0.15) is 13.6 Å². The smallest absolute Gasteiger partial charge is 0.306 e. The van der Waals surface area contributed by atoms with Gasteiger partial charge in [-0.15, -0.1) is 0 Å².